The maximum atomic E-state index is 4.50. The van der Waals surface area contributed by atoms with E-state index in [-0.39, 0.29) is 34.0 Å². The number of hydroxylamine groups is 2. The Morgan fingerprint density at radius 2 is 1.09 bits per heavy atom. The Kier molecular flexibility index (Phi) is 35.9. The van der Waals surface area contributed by atoms with Gasteiger partial charge in [0.2, 0.25) is 0 Å². The van der Waals surface area contributed by atoms with E-state index in [1.165, 1.54) is 0 Å². The molecule has 0 saturated heterocycles. The molecule has 0 bridgehead atoms. The molecule has 0 N–H and O–H groups in total. The van der Waals surface area contributed by atoms with Crippen LogP contribution in [0.15, 0.2) is 0 Å². The van der Waals surface area contributed by atoms with E-state index in [1.807, 2.05) is 40.1 Å². The van der Waals surface area contributed by atoms with Crippen LogP contribution >= 0.6 is 9.47 Å². The first-order valence-electron chi connectivity index (χ1n) is 2.65. The number of hydrogen-bond donors (Lipinski definition) is 0. The van der Waals surface area contributed by atoms with Crippen LogP contribution in [0.1, 0.15) is 7.43 Å². The van der Waals surface area contributed by atoms with Gasteiger partial charge in [0.15, 0.2) is 0 Å². The fourth-order valence-corrected chi connectivity index (χ4v) is 0. The van der Waals surface area contributed by atoms with Crippen LogP contribution in [0.5, 0.6) is 0 Å². The van der Waals surface area contributed by atoms with E-state index in [9.17, 15) is 0 Å². The summed E-state index contributed by atoms with van der Waals surface area (Å²) in [5, 5.41) is 1.59. The molecular weight excluding hydrogens is 356 g/mol. The summed E-state index contributed by atoms with van der Waals surface area (Å²) >= 11 is 0. The van der Waals surface area contributed by atoms with Crippen LogP contribution in [0.2, 0.25) is 0 Å². The van der Waals surface area contributed by atoms with Gasteiger partial charge < -0.3 is 4.90 Å². The molecule has 1 atom stereocenters. The van der Waals surface area contributed by atoms with Gasteiger partial charge >= 0.3 is 26.6 Å². The molecule has 0 spiro atoms. The average Bonchev–Trinajstić information content (AvgIpc) is 1.65. The van der Waals surface area contributed by atoms with Crippen LogP contribution in [-0.4, -0.2) is 71.8 Å². The number of rotatable bonds is 1. The van der Waals surface area contributed by atoms with Gasteiger partial charge in [-0.1, -0.05) is 7.43 Å². The Labute approximate surface area is 93.2 Å². The fourth-order valence-electron chi connectivity index (χ4n) is 0. The molecule has 0 aromatic heterocycles. The van der Waals surface area contributed by atoms with E-state index >= 15 is 0 Å². The van der Waals surface area contributed by atoms with Gasteiger partial charge in [0.25, 0.3) is 0 Å². The van der Waals surface area contributed by atoms with Crippen LogP contribution in [0.25, 0.3) is 0 Å². The Balaban J connectivity index is -0.0000000383. The van der Waals surface area contributed by atoms with Gasteiger partial charge in [0, 0.05) is 23.6 Å². The molecule has 3 nitrogen and oxygen atoms in total. The molecule has 0 rings (SSSR count). The van der Waals surface area contributed by atoms with Gasteiger partial charge in [-0.25, -0.2) is 0 Å². The Bertz CT molecular complexity index is 53.1. The molecule has 0 aromatic rings. The summed E-state index contributed by atoms with van der Waals surface area (Å²) < 4.78 is 4.50. The van der Waals surface area contributed by atoms with E-state index in [0.29, 0.717) is 0 Å². The van der Waals surface area contributed by atoms with Gasteiger partial charge in [-0.3, -0.25) is 4.62 Å². The van der Waals surface area contributed by atoms with E-state index in [4.69, 9.17) is 0 Å². The third-order valence-electron chi connectivity index (χ3n) is 0.211. The summed E-state index contributed by atoms with van der Waals surface area (Å²) in [7, 11) is 11.7. The zero-order valence-electron chi connectivity index (χ0n) is 7.38. The van der Waals surface area contributed by atoms with Crippen molar-refractivity contribution in [2.75, 3.05) is 35.2 Å². The maximum absolute atomic E-state index is 4.50. The minimum absolute atomic E-state index is 0. The van der Waals surface area contributed by atoms with Crippen LogP contribution in [-0.2, 0) is 4.62 Å². The monoisotopic (exact) mass is 379 g/mol. The molecule has 11 heavy (non-hydrogen) atoms. The summed E-state index contributed by atoms with van der Waals surface area (Å²) in [6, 6.07) is 0. The van der Waals surface area contributed by atoms with Crippen molar-refractivity contribution in [3.8, 4) is 0 Å². The van der Waals surface area contributed by atoms with E-state index < -0.39 is 0 Å². The van der Waals surface area contributed by atoms with Crippen molar-refractivity contribution in [3.63, 3.8) is 0 Å². The molecule has 74 valence electrons. The van der Waals surface area contributed by atoms with Crippen LogP contribution in [0.3, 0.4) is 0 Å². The van der Waals surface area contributed by atoms with Crippen molar-refractivity contribution in [1.29, 1.82) is 0 Å². The number of nitrogens with zero attached hydrogens (tertiary/aromatic N) is 2. The zero-order chi connectivity index (χ0) is 7.86. The first-order chi connectivity index (χ1) is 4.00. The van der Waals surface area contributed by atoms with Gasteiger partial charge in [0.05, 0.1) is 0 Å². The molecule has 0 aromatic carbocycles. The van der Waals surface area contributed by atoms with Gasteiger partial charge in [-0.05, 0) is 21.1 Å². The molecule has 5 heteroatoms. The summed E-state index contributed by atoms with van der Waals surface area (Å²) in [4.78, 5) is 2.00. The molecule has 0 radical (unpaired) electrons. The van der Waals surface area contributed by atoms with Crippen molar-refractivity contribution in [1.82, 2.24) is 9.96 Å². The predicted molar refractivity (Wildman–Crippen MR) is 59.4 cm³/mol. The number of hydrogen-bond acceptors (Lipinski definition) is 3. The fraction of sp³-hybridized carbons (Fsp3) is 1.00. The molecular formula is C6H23N2OPPo. The van der Waals surface area contributed by atoms with Crippen molar-refractivity contribution in [2.24, 2.45) is 0 Å². The van der Waals surface area contributed by atoms with Crippen LogP contribution in [0, 0.1) is 0 Å². The molecule has 0 saturated carbocycles. The van der Waals surface area contributed by atoms with E-state index in [1.54, 1.807) is 5.06 Å². The van der Waals surface area contributed by atoms with Crippen LogP contribution < -0.4 is 0 Å². The van der Waals surface area contributed by atoms with Crippen molar-refractivity contribution < 1.29 is 4.62 Å². The summed E-state index contributed by atoms with van der Waals surface area (Å²) in [6.45, 7) is 0. The van der Waals surface area contributed by atoms with Crippen LogP contribution in [0.4, 0.5) is 0 Å². The third-order valence-corrected chi connectivity index (χ3v) is 0.632. The topological polar surface area (TPSA) is 15.7 Å². The SMILES string of the molecule is C.CN(C)C.CN(C)OP.[PoH2]. The Morgan fingerprint density at radius 1 is 1.00 bits per heavy atom. The summed E-state index contributed by atoms with van der Waals surface area (Å²) in [5.74, 6) is 0. The summed E-state index contributed by atoms with van der Waals surface area (Å²) in [5.41, 5.74) is 0. The average molecular weight is 379 g/mol. The third kappa shape index (κ3) is 92.4. The molecule has 0 aliphatic heterocycles. The van der Waals surface area contributed by atoms with Gasteiger partial charge in [-0.15, -0.1) is 0 Å². The molecule has 0 aliphatic carbocycles. The van der Waals surface area contributed by atoms with Gasteiger partial charge in [0.1, 0.15) is 0 Å². The molecule has 0 amide bonds. The van der Waals surface area contributed by atoms with Crippen molar-refractivity contribution in [2.45, 2.75) is 7.43 Å². The second-order valence-corrected chi connectivity index (χ2v) is 2.47. The normalized spacial score (nSPS) is 7.64. The van der Waals surface area contributed by atoms with Crippen molar-refractivity contribution in [3.05, 3.63) is 0 Å². The molecule has 0 aliphatic rings. The van der Waals surface area contributed by atoms with Gasteiger partial charge in [-0.2, -0.15) is 5.06 Å². The van der Waals surface area contributed by atoms with E-state index in [0.717, 1.165) is 0 Å². The standard InChI is InChI=1S/C3H9N.C2H8NOP.CH4.Po.2H/c1-4(2)3;1-3(2)4-5;;;;/h1-3H3;5H2,1-2H3;1H4;;;. The second kappa shape index (κ2) is 17.3. The molecule has 1 unspecified atom stereocenters. The minimum atomic E-state index is 0. The first kappa shape index (κ1) is 22.8. The van der Waals surface area contributed by atoms with E-state index in [2.05, 4.69) is 14.1 Å². The van der Waals surface area contributed by atoms with Crippen molar-refractivity contribution >= 4 is 36.0 Å². The molecule has 0 heterocycles. The predicted octanol–water partition coefficient (Wildman–Crippen LogP) is 0.167. The Morgan fingerprint density at radius 3 is 1.09 bits per heavy atom. The summed E-state index contributed by atoms with van der Waals surface area (Å²) in [6.07, 6.45) is 0. The molecule has 0 fully saturated rings. The zero-order valence-corrected chi connectivity index (χ0v) is 12.4. The Hall–Kier alpha value is 1.21. The quantitative estimate of drug-likeness (QED) is 0.477. The first-order valence-corrected chi connectivity index (χ1v) is 3.13. The second-order valence-electron chi connectivity index (χ2n) is 2.26.